The number of carbonyl (C=O) groups excluding carboxylic acids is 2. The van der Waals surface area contributed by atoms with Crippen molar-refractivity contribution in [1.82, 2.24) is 10.2 Å². The number of nitrogens with zero attached hydrogens (tertiary/aromatic N) is 2. The number of hydrogen-bond acceptors (Lipinski definition) is 3. The average Bonchev–Trinajstić information content (AvgIpc) is 2.44. The van der Waals surface area contributed by atoms with Gasteiger partial charge in [0.25, 0.3) is 5.91 Å². The molecule has 0 radical (unpaired) electrons. The predicted molar refractivity (Wildman–Crippen MR) is 76.0 cm³/mol. The molecule has 0 aromatic heterocycles. The lowest BCUT2D eigenvalue weighted by Crippen LogP contribution is -2.39. The summed E-state index contributed by atoms with van der Waals surface area (Å²) in [5.41, 5.74) is 0.830. The van der Waals surface area contributed by atoms with E-state index in [1.54, 1.807) is 25.2 Å². The molecule has 0 bridgehead atoms. The van der Waals surface area contributed by atoms with Gasteiger partial charge in [-0.15, -0.1) is 0 Å². The Morgan fingerprint density at radius 2 is 2.10 bits per heavy atom. The number of rotatable bonds is 5. The number of likely N-dealkylation sites (N-methyl/N-ethyl adjacent to an activating group) is 1. The number of nitriles is 1. The molecule has 106 valence electrons. The largest absolute Gasteiger partial charge is 0.354 e. The van der Waals surface area contributed by atoms with Crippen LogP contribution in [0, 0.1) is 17.2 Å². The maximum Gasteiger partial charge on any atom is 0.254 e. The van der Waals surface area contributed by atoms with Crippen LogP contribution in [0.5, 0.6) is 0 Å². The van der Waals surface area contributed by atoms with Gasteiger partial charge in [0.2, 0.25) is 5.91 Å². The Morgan fingerprint density at radius 3 is 2.70 bits per heavy atom. The Hall–Kier alpha value is -2.35. The van der Waals surface area contributed by atoms with Crippen molar-refractivity contribution in [3.8, 4) is 6.07 Å². The summed E-state index contributed by atoms with van der Waals surface area (Å²) in [5, 5.41) is 11.6. The van der Waals surface area contributed by atoms with Crippen LogP contribution in [0.25, 0.3) is 0 Å². The van der Waals surface area contributed by atoms with Gasteiger partial charge in [-0.25, -0.2) is 0 Å². The zero-order valence-electron chi connectivity index (χ0n) is 12.0. The normalized spacial score (nSPS) is 9.95. The Kier molecular flexibility index (Phi) is 5.73. The third kappa shape index (κ3) is 4.73. The van der Waals surface area contributed by atoms with Crippen LogP contribution >= 0.6 is 0 Å². The van der Waals surface area contributed by atoms with Gasteiger partial charge in [0.15, 0.2) is 0 Å². The highest BCUT2D eigenvalue weighted by molar-refractivity contribution is 5.96. The van der Waals surface area contributed by atoms with Crippen LogP contribution in [-0.2, 0) is 4.79 Å². The minimum atomic E-state index is -0.276. The molecule has 5 heteroatoms. The number of hydrogen-bond donors (Lipinski definition) is 1. The molecule has 5 nitrogen and oxygen atoms in total. The molecule has 0 saturated heterocycles. The van der Waals surface area contributed by atoms with Gasteiger partial charge in [-0.2, -0.15) is 5.26 Å². The van der Waals surface area contributed by atoms with E-state index in [4.69, 9.17) is 5.26 Å². The van der Waals surface area contributed by atoms with Crippen molar-refractivity contribution in [2.45, 2.75) is 13.8 Å². The summed E-state index contributed by atoms with van der Waals surface area (Å²) in [5.74, 6) is -0.0972. The number of benzene rings is 1. The van der Waals surface area contributed by atoms with Gasteiger partial charge in [0.05, 0.1) is 18.2 Å². The van der Waals surface area contributed by atoms with Gasteiger partial charge in [-0.1, -0.05) is 19.9 Å². The van der Waals surface area contributed by atoms with Gasteiger partial charge < -0.3 is 10.2 Å². The van der Waals surface area contributed by atoms with Crippen molar-refractivity contribution in [3.05, 3.63) is 35.4 Å². The molecular weight excluding hydrogens is 254 g/mol. The van der Waals surface area contributed by atoms with E-state index in [9.17, 15) is 9.59 Å². The summed E-state index contributed by atoms with van der Waals surface area (Å²) >= 11 is 0. The molecule has 0 unspecified atom stereocenters. The molecule has 1 aromatic carbocycles. The van der Waals surface area contributed by atoms with Gasteiger partial charge in [0.1, 0.15) is 0 Å². The van der Waals surface area contributed by atoms with Crippen molar-refractivity contribution >= 4 is 11.8 Å². The SMILES string of the molecule is CC(C)CNC(=O)CN(C)C(=O)c1cccc(C#N)c1. The monoisotopic (exact) mass is 273 g/mol. The van der Waals surface area contributed by atoms with E-state index < -0.39 is 0 Å². The van der Waals surface area contributed by atoms with Crippen LogP contribution < -0.4 is 5.32 Å². The summed E-state index contributed by atoms with van der Waals surface area (Å²) in [4.78, 5) is 25.1. The highest BCUT2D eigenvalue weighted by Gasteiger charge is 2.15. The van der Waals surface area contributed by atoms with E-state index in [2.05, 4.69) is 5.32 Å². The maximum atomic E-state index is 12.1. The van der Waals surface area contributed by atoms with Crippen LogP contribution in [0.3, 0.4) is 0 Å². The average molecular weight is 273 g/mol. The Labute approximate surface area is 119 Å². The number of amides is 2. The topological polar surface area (TPSA) is 73.2 Å². The first-order valence-corrected chi connectivity index (χ1v) is 6.46. The lowest BCUT2D eigenvalue weighted by atomic mass is 10.1. The first-order chi connectivity index (χ1) is 9.43. The van der Waals surface area contributed by atoms with Crippen LogP contribution in [0.1, 0.15) is 29.8 Å². The van der Waals surface area contributed by atoms with Gasteiger partial charge >= 0.3 is 0 Å². The smallest absolute Gasteiger partial charge is 0.254 e. The van der Waals surface area contributed by atoms with E-state index in [-0.39, 0.29) is 18.4 Å². The standard InChI is InChI=1S/C15H19N3O2/c1-11(2)9-17-14(19)10-18(3)15(20)13-6-4-5-12(7-13)8-16/h4-7,11H,9-10H2,1-3H3,(H,17,19). The van der Waals surface area contributed by atoms with Crippen molar-refractivity contribution < 1.29 is 9.59 Å². The Bertz CT molecular complexity index is 532. The second kappa shape index (κ2) is 7.29. The molecule has 2 amide bonds. The van der Waals surface area contributed by atoms with Crippen LogP contribution in [0.2, 0.25) is 0 Å². The fraction of sp³-hybridized carbons (Fsp3) is 0.400. The molecule has 0 saturated carbocycles. The predicted octanol–water partition coefficient (Wildman–Crippen LogP) is 1.40. The minimum absolute atomic E-state index is 0.00232. The lowest BCUT2D eigenvalue weighted by Gasteiger charge is -2.17. The molecule has 1 N–H and O–H groups in total. The van der Waals surface area contributed by atoms with Crippen molar-refractivity contribution in [2.75, 3.05) is 20.1 Å². The number of nitrogens with one attached hydrogen (secondary N) is 1. The zero-order valence-corrected chi connectivity index (χ0v) is 12.0. The molecule has 0 aliphatic heterocycles. The first-order valence-electron chi connectivity index (χ1n) is 6.46. The Balaban J connectivity index is 2.63. The molecule has 20 heavy (non-hydrogen) atoms. The van der Waals surface area contributed by atoms with E-state index in [1.165, 1.54) is 11.0 Å². The summed E-state index contributed by atoms with van der Waals surface area (Å²) in [6.45, 7) is 4.60. The van der Waals surface area contributed by atoms with E-state index in [0.29, 0.717) is 23.6 Å². The van der Waals surface area contributed by atoms with Gasteiger partial charge in [-0.05, 0) is 24.1 Å². The van der Waals surface area contributed by atoms with Crippen LogP contribution in [0.4, 0.5) is 0 Å². The quantitative estimate of drug-likeness (QED) is 0.881. The van der Waals surface area contributed by atoms with E-state index in [0.717, 1.165) is 0 Å². The van der Waals surface area contributed by atoms with E-state index >= 15 is 0 Å². The maximum absolute atomic E-state index is 12.1. The molecule has 0 aliphatic carbocycles. The van der Waals surface area contributed by atoms with E-state index in [1.807, 2.05) is 19.9 Å². The molecule has 0 aliphatic rings. The summed E-state index contributed by atoms with van der Waals surface area (Å²) < 4.78 is 0. The fourth-order valence-electron chi connectivity index (χ4n) is 1.60. The third-order valence-electron chi connectivity index (χ3n) is 2.67. The molecule has 1 aromatic rings. The summed E-state index contributed by atoms with van der Waals surface area (Å²) in [7, 11) is 1.57. The second-order valence-electron chi connectivity index (χ2n) is 5.05. The van der Waals surface area contributed by atoms with Crippen LogP contribution in [-0.4, -0.2) is 36.9 Å². The summed E-state index contributed by atoms with van der Waals surface area (Å²) in [6, 6.07) is 8.42. The molecule has 1 rings (SSSR count). The lowest BCUT2D eigenvalue weighted by molar-refractivity contribution is -0.121. The van der Waals surface area contributed by atoms with Crippen molar-refractivity contribution in [1.29, 1.82) is 5.26 Å². The Morgan fingerprint density at radius 1 is 1.40 bits per heavy atom. The van der Waals surface area contributed by atoms with Gasteiger partial charge in [0, 0.05) is 19.2 Å². The second-order valence-corrected chi connectivity index (χ2v) is 5.05. The van der Waals surface area contributed by atoms with Gasteiger partial charge in [-0.3, -0.25) is 9.59 Å². The molecule has 0 heterocycles. The highest BCUT2D eigenvalue weighted by atomic mass is 16.2. The molecule has 0 fully saturated rings. The van der Waals surface area contributed by atoms with Crippen LogP contribution in [0.15, 0.2) is 24.3 Å². The third-order valence-corrected chi connectivity index (χ3v) is 2.67. The zero-order chi connectivity index (χ0) is 15.1. The summed E-state index contributed by atoms with van der Waals surface area (Å²) in [6.07, 6.45) is 0. The minimum Gasteiger partial charge on any atom is -0.354 e. The molecule has 0 atom stereocenters. The number of carbonyl (C=O) groups is 2. The first kappa shape index (κ1) is 15.7. The van der Waals surface area contributed by atoms with Crippen molar-refractivity contribution in [3.63, 3.8) is 0 Å². The fourth-order valence-corrected chi connectivity index (χ4v) is 1.60. The molecule has 0 spiro atoms. The molecular formula is C15H19N3O2. The van der Waals surface area contributed by atoms with Crippen molar-refractivity contribution in [2.24, 2.45) is 5.92 Å². The highest BCUT2D eigenvalue weighted by Crippen LogP contribution is 2.06.